The van der Waals surface area contributed by atoms with Crippen molar-refractivity contribution in [3.05, 3.63) is 28.8 Å². The lowest BCUT2D eigenvalue weighted by molar-refractivity contribution is 0.335. The van der Waals surface area contributed by atoms with Gasteiger partial charge in [0.25, 0.3) is 0 Å². The van der Waals surface area contributed by atoms with Crippen molar-refractivity contribution in [1.82, 2.24) is 4.90 Å². The van der Waals surface area contributed by atoms with E-state index < -0.39 is 0 Å². The summed E-state index contributed by atoms with van der Waals surface area (Å²) in [5, 5.41) is 8.52. The smallest absolute Gasteiger partial charge is 0.122 e. The van der Waals surface area contributed by atoms with Crippen LogP contribution >= 0.6 is 0 Å². The fourth-order valence-electron chi connectivity index (χ4n) is 2.20. The molecule has 19 heavy (non-hydrogen) atoms. The van der Waals surface area contributed by atoms with Gasteiger partial charge in [0.1, 0.15) is 5.75 Å². The fourth-order valence-corrected chi connectivity index (χ4v) is 2.20. The quantitative estimate of drug-likeness (QED) is 0.707. The molecule has 0 saturated heterocycles. The third-order valence-corrected chi connectivity index (χ3v) is 3.66. The van der Waals surface area contributed by atoms with Crippen LogP contribution in [0.15, 0.2) is 12.1 Å². The predicted octanol–water partition coefficient (Wildman–Crippen LogP) is 3.09. The van der Waals surface area contributed by atoms with E-state index in [1.165, 1.54) is 16.7 Å². The molecule has 0 bridgehead atoms. The average molecular weight is 260 g/mol. The van der Waals surface area contributed by atoms with Gasteiger partial charge in [-0.05, 0) is 63.0 Å². The van der Waals surface area contributed by atoms with Crippen LogP contribution in [-0.2, 0) is 6.42 Å². The Morgan fingerprint density at radius 2 is 1.95 bits per heavy atom. The lowest BCUT2D eigenvalue weighted by Gasteiger charge is -2.18. The summed E-state index contributed by atoms with van der Waals surface area (Å²) in [5.74, 6) is 0.962. The number of hydrogen-bond donors (Lipinski definition) is 0. The van der Waals surface area contributed by atoms with Crippen LogP contribution < -0.4 is 4.74 Å². The van der Waals surface area contributed by atoms with Gasteiger partial charge < -0.3 is 9.64 Å². The number of unbranched alkanes of at least 4 members (excludes halogenated alkanes) is 1. The van der Waals surface area contributed by atoms with Crippen LogP contribution in [0.1, 0.15) is 29.5 Å². The van der Waals surface area contributed by atoms with Gasteiger partial charge in [0.15, 0.2) is 0 Å². The Balaban J connectivity index is 2.54. The van der Waals surface area contributed by atoms with E-state index >= 15 is 0 Å². The maximum Gasteiger partial charge on any atom is 0.122 e. The summed E-state index contributed by atoms with van der Waals surface area (Å²) in [5.41, 5.74) is 3.93. The van der Waals surface area contributed by atoms with Crippen molar-refractivity contribution < 1.29 is 4.74 Å². The first kappa shape index (κ1) is 15.5. The van der Waals surface area contributed by atoms with Crippen LogP contribution in [0, 0.1) is 25.2 Å². The Morgan fingerprint density at radius 3 is 2.58 bits per heavy atom. The minimum Gasteiger partial charge on any atom is -0.496 e. The molecule has 1 rings (SSSR count). The zero-order valence-corrected chi connectivity index (χ0v) is 12.5. The predicted molar refractivity (Wildman–Crippen MR) is 78.5 cm³/mol. The molecule has 0 heterocycles. The van der Waals surface area contributed by atoms with Gasteiger partial charge in [-0.25, -0.2) is 0 Å². The van der Waals surface area contributed by atoms with Gasteiger partial charge >= 0.3 is 0 Å². The van der Waals surface area contributed by atoms with Gasteiger partial charge in [0, 0.05) is 13.0 Å². The molecule has 0 spiro atoms. The first-order chi connectivity index (χ1) is 9.10. The van der Waals surface area contributed by atoms with E-state index in [4.69, 9.17) is 10.00 Å². The first-order valence-electron chi connectivity index (χ1n) is 6.78. The van der Waals surface area contributed by atoms with Gasteiger partial charge in [-0.3, -0.25) is 0 Å². The number of hydrogen-bond acceptors (Lipinski definition) is 3. The van der Waals surface area contributed by atoms with Gasteiger partial charge in [-0.2, -0.15) is 5.26 Å². The summed E-state index contributed by atoms with van der Waals surface area (Å²) in [6.07, 6.45) is 2.64. The second kappa shape index (κ2) is 7.81. The summed E-state index contributed by atoms with van der Waals surface area (Å²) in [6.45, 7) is 6.27. The summed E-state index contributed by atoms with van der Waals surface area (Å²) in [4.78, 5) is 2.29. The fraction of sp³-hybridized carbons (Fsp3) is 0.562. The second-order valence-corrected chi connectivity index (χ2v) is 4.99. The molecule has 0 atom stereocenters. The summed E-state index contributed by atoms with van der Waals surface area (Å²) < 4.78 is 5.33. The van der Waals surface area contributed by atoms with Crippen molar-refractivity contribution in [2.75, 3.05) is 27.2 Å². The van der Waals surface area contributed by atoms with E-state index in [0.717, 1.165) is 31.7 Å². The molecule has 0 fully saturated rings. The molecule has 1 aromatic rings. The number of likely N-dealkylation sites (N-methyl/N-ethyl adjacent to an activating group) is 1. The monoisotopic (exact) mass is 260 g/mol. The zero-order valence-electron chi connectivity index (χ0n) is 12.5. The maximum atomic E-state index is 8.52. The van der Waals surface area contributed by atoms with Gasteiger partial charge in [-0.1, -0.05) is 6.07 Å². The Morgan fingerprint density at radius 1 is 1.21 bits per heavy atom. The number of rotatable bonds is 7. The number of ether oxygens (including phenoxy) is 1. The molecule has 0 N–H and O–H groups in total. The summed E-state index contributed by atoms with van der Waals surface area (Å²) in [7, 11) is 3.83. The highest BCUT2D eigenvalue weighted by atomic mass is 16.5. The third kappa shape index (κ3) is 4.57. The molecular formula is C16H24N2O. The lowest BCUT2D eigenvalue weighted by Crippen LogP contribution is -2.22. The van der Waals surface area contributed by atoms with Crippen molar-refractivity contribution in [3.8, 4) is 11.8 Å². The van der Waals surface area contributed by atoms with Gasteiger partial charge in [0.05, 0.1) is 13.2 Å². The number of methoxy groups -OCH3 is 1. The largest absolute Gasteiger partial charge is 0.496 e. The lowest BCUT2D eigenvalue weighted by atomic mass is 10.00. The topological polar surface area (TPSA) is 36.3 Å². The molecule has 0 amide bonds. The SMILES string of the molecule is COc1ccc(CCN(C)CCCC#N)c(C)c1C. The molecule has 104 valence electrons. The van der Waals surface area contributed by atoms with Crippen LogP contribution in [0.25, 0.3) is 0 Å². The van der Waals surface area contributed by atoms with E-state index in [1.54, 1.807) is 7.11 Å². The minimum absolute atomic E-state index is 0.644. The van der Waals surface area contributed by atoms with E-state index in [1.807, 2.05) is 6.07 Å². The minimum atomic E-state index is 0.644. The molecule has 1 aromatic carbocycles. The summed E-state index contributed by atoms with van der Waals surface area (Å²) >= 11 is 0. The Labute approximate surface area is 116 Å². The Bertz CT molecular complexity index is 449. The second-order valence-electron chi connectivity index (χ2n) is 4.99. The molecule has 3 heteroatoms. The van der Waals surface area contributed by atoms with E-state index in [9.17, 15) is 0 Å². The van der Waals surface area contributed by atoms with E-state index in [-0.39, 0.29) is 0 Å². The van der Waals surface area contributed by atoms with Crippen LogP contribution in [-0.4, -0.2) is 32.1 Å². The highest BCUT2D eigenvalue weighted by Crippen LogP contribution is 2.24. The van der Waals surface area contributed by atoms with Crippen molar-refractivity contribution in [1.29, 1.82) is 5.26 Å². The molecule has 0 unspecified atom stereocenters. The van der Waals surface area contributed by atoms with Crippen LogP contribution in [0.2, 0.25) is 0 Å². The molecule has 0 radical (unpaired) electrons. The van der Waals surface area contributed by atoms with Gasteiger partial charge in [-0.15, -0.1) is 0 Å². The number of nitrogens with zero attached hydrogens (tertiary/aromatic N) is 2. The zero-order chi connectivity index (χ0) is 14.3. The molecule has 0 aliphatic rings. The maximum absolute atomic E-state index is 8.52. The third-order valence-electron chi connectivity index (χ3n) is 3.66. The number of nitriles is 1. The van der Waals surface area contributed by atoms with E-state index in [2.05, 4.69) is 37.9 Å². The van der Waals surface area contributed by atoms with Crippen LogP contribution in [0.4, 0.5) is 0 Å². The van der Waals surface area contributed by atoms with Crippen LogP contribution in [0.5, 0.6) is 5.75 Å². The molecular weight excluding hydrogens is 236 g/mol. The highest BCUT2D eigenvalue weighted by Gasteiger charge is 2.07. The average Bonchev–Trinajstić information content (AvgIpc) is 2.41. The van der Waals surface area contributed by atoms with E-state index in [0.29, 0.717) is 6.42 Å². The number of benzene rings is 1. The van der Waals surface area contributed by atoms with Crippen LogP contribution in [0.3, 0.4) is 0 Å². The Kier molecular flexibility index (Phi) is 6.38. The normalized spacial score (nSPS) is 10.5. The van der Waals surface area contributed by atoms with Crippen molar-refractivity contribution in [2.45, 2.75) is 33.1 Å². The molecule has 0 saturated carbocycles. The van der Waals surface area contributed by atoms with Crippen molar-refractivity contribution >= 4 is 0 Å². The molecule has 0 aromatic heterocycles. The van der Waals surface area contributed by atoms with Crippen molar-refractivity contribution in [2.24, 2.45) is 0 Å². The summed E-state index contributed by atoms with van der Waals surface area (Å²) in [6, 6.07) is 6.39. The standard InChI is InChI=1S/C16H24N2O/c1-13-14(2)16(19-4)8-7-15(13)9-12-18(3)11-6-5-10-17/h7-8H,5-6,9,11-12H2,1-4H3. The first-order valence-corrected chi connectivity index (χ1v) is 6.78. The highest BCUT2D eigenvalue weighted by molar-refractivity contribution is 5.43. The Hall–Kier alpha value is -1.53. The molecule has 0 aliphatic carbocycles. The van der Waals surface area contributed by atoms with Crippen molar-refractivity contribution in [3.63, 3.8) is 0 Å². The molecule has 0 aliphatic heterocycles. The van der Waals surface area contributed by atoms with Gasteiger partial charge in [0.2, 0.25) is 0 Å². The molecule has 3 nitrogen and oxygen atoms in total.